The average molecular weight is 378 g/mol. The summed E-state index contributed by atoms with van der Waals surface area (Å²) < 4.78 is 18.9. The van der Waals surface area contributed by atoms with E-state index >= 15 is 0 Å². The second-order valence-corrected chi connectivity index (χ2v) is 6.86. The second-order valence-electron chi connectivity index (χ2n) is 6.86. The van der Waals surface area contributed by atoms with Crippen LogP contribution < -0.4 is 9.64 Å². The van der Waals surface area contributed by atoms with Crippen LogP contribution in [0.4, 0.5) is 14.9 Å². The van der Waals surface area contributed by atoms with E-state index in [0.717, 1.165) is 22.3 Å². The van der Waals surface area contributed by atoms with Gasteiger partial charge in [0.2, 0.25) is 5.88 Å². The number of hydrogen-bond donors (Lipinski definition) is 1. The molecule has 0 saturated heterocycles. The van der Waals surface area contributed by atoms with Crippen molar-refractivity contribution in [2.45, 2.75) is 19.4 Å². The molecule has 5 nitrogen and oxygen atoms in total. The maximum atomic E-state index is 13.1. The number of fused-ring (bicyclic) bond motifs is 1. The van der Waals surface area contributed by atoms with Crippen LogP contribution in [0.1, 0.15) is 28.3 Å². The zero-order chi connectivity index (χ0) is 19.7. The fourth-order valence-corrected chi connectivity index (χ4v) is 3.37. The number of amides is 1. The number of pyridine rings is 1. The van der Waals surface area contributed by atoms with Crippen LogP contribution in [-0.4, -0.2) is 22.8 Å². The molecule has 1 aliphatic heterocycles. The lowest BCUT2D eigenvalue weighted by Crippen LogP contribution is -2.40. The van der Waals surface area contributed by atoms with E-state index in [1.54, 1.807) is 24.4 Å². The van der Waals surface area contributed by atoms with Crippen molar-refractivity contribution in [1.29, 1.82) is 0 Å². The number of halogens is 1. The van der Waals surface area contributed by atoms with Crippen LogP contribution in [0.15, 0.2) is 60.8 Å². The first-order valence-electron chi connectivity index (χ1n) is 8.96. The third-order valence-corrected chi connectivity index (χ3v) is 4.83. The van der Waals surface area contributed by atoms with Gasteiger partial charge in [-0.25, -0.2) is 14.2 Å². The number of carboxylic acid groups (broad SMARTS) is 1. The first-order chi connectivity index (χ1) is 13.5. The summed E-state index contributed by atoms with van der Waals surface area (Å²) >= 11 is 0. The Bertz CT molecular complexity index is 1000. The Hall–Kier alpha value is -3.41. The van der Waals surface area contributed by atoms with Crippen LogP contribution in [0.5, 0.6) is 5.88 Å². The predicted octanol–water partition coefficient (Wildman–Crippen LogP) is 4.74. The summed E-state index contributed by atoms with van der Waals surface area (Å²) in [5.41, 5.74) is 4.12. The lowest BCUT2D eigenvalue weighted by Gasteiger charge is -2.34. The SMILES string of the molecule is Cc1ccc(C2COc3ncc(Cc4ccc(F)cc4)cc3N2C(=O)O)cc1. The van der Waals surface area contributed by atoms with Gasteiger partial charge in [-0.05, 0) is 48.2 Å². The molecule has 0 bridgehead atoms. The smallest absolute Gasteiger partial charge is 0.412 e. The van der Waals surface area contributed by atoms with E-state index in [1.807, 2.05) is 31.2 Å². The number of aryl methyl sites for hydroxylation is 1. The van der Waals surface area contributed by atoms with Gasteiger partial charge in [0, 0.05) is 6.20 Å². The summed E-state index contributed by atoms with van der Waals surface area (Å²) in [6, 6.07) is 15.3. The Balaban J connectivity index is 1.68. The molecule has 6 heteroatoms. The highest BCUT2D eigenvalue weighted by Crippen LogP contribution is 2.39. The molecule has 1 atom stereocenters. The molecule has 0 saturated carbocycles. The third-order valence-electron chi connectivity index (χ3n) is 4.83. The van der Waals surface area contributed by atoms with Gasteiger partial charge < -0.3 is 9.84 Å². The van der Waals surface area contributed by atoms with Gasteiger partial charge in [0.05, 0.1) is 6.04 Å². The van der Waals surface area contributed by atoms with Gasteiger partial charge in [-0.1, -0.05) is 42.0 Å². The molecular weight excluding hydrogens is 359 g/mol. The second kappa shape index (κ2) is 7.31. The summed E-state index contributed by atoms with van der Waals surface area (Å²) in [5.74, 6) is 0.00678. The third kappa shape index (κ3) is 3.53. The highest BCUT2D eigenvalue weighted by Gasteiger charge is 2.34. The monoisotopic (exact) mass is 378 g/mol. The number of anilines is 1. The molecule has 0 fully saturated rings. The molecule has 28 heavy (non-hydrogen) atoms. The molecule has 1 aromatic heterocycles. The Morgan fingerprint density at radius 2 is 1.89 bits per heavy atom. The minimum Gasteiger partial charge on any atom is -0.474 e. The maximum Gasteiger partial charge on any atom is 0.412 e. The summed E-state index contributed by atoms with van der Waals surface area (Å²) in [6.07, 6.45) is 1.12. The largest absolute Gasteiger partial charge is 0.474 e. The van der Waals surface area contributed by atoms with E-state index in [4.69, 9.17) is 4.74 Å². The lowest BCUT2D eigenvalue weighted by atomic mass is 10.0. The highest BCUT2D eigenvalue weighted by atomic mass is 19.1. The molecule has 0 spiro atoms. The van der Waals surface area contributed by atoms with Crippen LogP contribution in [0.25, 0.3) is 0 Å². The van der Waals surface area contributed by atoms with Gasteiger partial charge >= 0.3 is 6.09 Å². The molecule has 2 aromatic carbocycles. The van der Waals surface area contributed by atoms with E-state index in [-0.39, 0.29) is 12.4 Å². The van der Waals surface area contributed by atoms with Crippen LogP contribution in [0, 0.1) is 12.7 Å². The van der Waals surface area contributed by atoms with Gasteiger partial charge in [0.15, 0.2) is 0 Å². The number of nitrogens with zero attached hydrogens (tertiary/aromatic N) is 2. The van der Waals surface area contributed by atoms with Crippen molar-refractivity contribution in [2.75, 3.05) is 11.5 Å². The zero-order valence-corrected chi connectivity index (χ0v) is 15.3. The van der Waals surface area contributed by atoms with Crippen molar-refractivity contribution in [3.05, 3.63) is 88.9 Å². The molecule has 1 N–H and O–H groups in total. The number of carbonyl (C=O) groups is 1. The summed E-state index contributed by atoms with van der Waals surface area (Å²) in [4.78, 5) is 17.7. The fourth-order valence-electron chi connectivity index (χ4n) is 3.37. The van der Waals surface area contributed by atoms with Crippen LogP contribution in [0.2, 0.25) is 0 Å². The minimum absolute atomic E-state index is 0.201. The number of benzene rings is 2. The van der Waals surface area contributed by atoms with Crippen molar-refractivity contribution in [2.24, 2.45) is 0 Å². The Morgan fingerprint density at radius 3 is 2.57 bits per heavy atom. The molecule has 1 amide bonds. The van der Waals surface area contributed by atoms with Gasteiger partial charge in [0.1, 0.15) is 18.1 Å². The van der Waals surface area contributed by atoms with Crippen molar-refractivity contribution >= 4 is 11.8 Å². The van der Waals surface area contributed by atoms with Gasteiger partial charge in [-0.2, -0.15) is 0 Å². The summed E-state index contributed by atoms with van der Waals surface area (Å²) in [5, 5.41) is 9.88. The lowest BCUT2D eigenvalue weighted by molar-refractivity contribution is 0.186. The van der Waals surface area contributed by atoms with Crippen molar-refractivity contribution < 1.29 is 19.0 Å². The number of hydrogen-bond acceptors (Lipinski definition) is 3. The van der Waals surface area contributed by atoms with E-state index < -0.39 is 12.1 Å². The highest BCUT2D eigenvalue weighted by molar-refractivity contribution is 5.89. The number of ether oxygens (including phenoxy) is 1. The normalized spacial score (nSPS) is 15.6. The number of aromatic nitrogens is 1. The molecule has 3 aromatic rings. The van der Waals surface area contributed by atoms with Crippen molar-refractivity contribution in [1.82, 2.24) is 4.98 Å². The van der Waals surface area contributed by atoms with Crippen LogP contribution in [0.3, 0.4) is 0 Å². The van der Waals surface area contributed by atoms with Crippen LogP contribution in [-0.2, 0) is 6.42 Å². The van der Waals surface area contributed by atoms with Gasteiger partial charge in [-0.15, -0.1) is 0 Å². The first kappa shape index (κ1) is 18.0. The van der Waals surface area contributed by atoms with E-state index in [9.17, 15) is 14.3 Å². The molecular formula is C22H19FN2O3. The average Bonchev–Trinajstić information content (AvgIpc) is 2.69. The first-order valence-corrected chi connectivity index (χ1v) is 8.96. The van der Waals surface area contributed by atoms with Gasteiger partial charge in [0.25, 0.3) is 0 Å². The molecule has 142 valence electrons. The standard InChI is InChI=1S/C22H19FN2O3/c1-14-2-6-17(7-3-14)20-13-28-21-19(25(20)22(26)27)11-16(12-24-21)10-15-4-8-18(23)9-5-15/h2-9,11-12,20H,10,13H2,1H3,(H,26,27). The minimum atomic E-state index is -1.06. The van der Waals surface area contributed by atoms with Crippen LogP contribution >= 0.6 is 0 Å². The van der Waals surface area contributed by atoms with Crippen molar-refractivity contribution in [3.63, 3.8) is 0 Å². The topological polar surface area (TPSA) is 62.7 Å². The van der Waals surface area contributed by atoms with E-state index in [2.05, 4.69) is 4.98 Å². The van der Waals surface area contributed by atoms with Gasteiger partial charge in [-0.3, -0.25) is 4.90 Å². The zero-order valence-electron chi connectivity index (χ0n) is 15.3. The molecule has 1 unspecified atom stereocenters. The van der Waals surface area contributed by atoms with E-state index in [1.165, 1.54) is 17.0 Å². The predicted molar refractivity (Wildman–Crippen MR) is 103 cm³/mol. The Morgan fingerprint density at radius 1 is 1.18 bits per heavy atom. The quantitative estimate of drug-likeness (QED) is 0.715. The molecule has 1 aliphatic rings. The molecule has 4 rings (SSSR count). The Labute approximate surface area is 162 Å². The molecule has 0 aliphatic carbocycles. The fraction of sp³-hybridized carbons (Fsp3) is 0.182. The van der Waals surface area contributed by atoms with Crippen molar-refractivity contribution in [3.8, 4) is 5.88 Å². The number of rotatable bonds is 3. The molecule has 0 radical (unpaired) electrons. The maximum absolute atomic E-state index is 13.1. The Kier molecular flexibility index (Phi) is 4.69. The molecule has 2 heterocycles. The summed E-state index contributed by atoms with van der Waals surface area (Å²) in [6.45, 7) is 2.18. The summed E-state index contributed by atoms with van der Waals surface area (Å²) in [7, 11) is 0. The van der Waals surface area contributed by atoms with E-state index in [0.29, 0.717) is 18.0 Å².